The van der Waals surface area contributed by atoms with Crippen molar-refractivity contribution in [3.05, 3.63) is 34.9 Å². The summed E-state index contributed by atoms with van der Waals surface area (Å²) >= 11 is 0. The molecule has 0 radical (unpaired) electrons. The summed E-state index contributed by atoms with van der Waals surface area (Å²) < 4.78 is 0. The number of rotatable bonds is 2. The molecule has 1 nitrogen and oxygen atoms in total. The Labute approximate surface area is 112 Å². The summed E-state index contributed by atoms with van der Waals surface area (Å²) in [4.78, 5) is 0. The maximum absolute atomic E-state index is 6.75. The van der Waals surface area contributed by atoms with Crippen LogP contribution in [0.3, 0.4) is 0 Å². The monoisotopic (exact) mass is 245 g/mol. The average molecular weight is 245 g/mol. The van der Waals surface area contributed by atoms with Gasteiger partial charge < -0.3 is 5.73 Å². The molecule has 1 aromatic rings. The van der Waals surface area contributed by atoms with Crippen LogP contribution in [0.4, 0.5) is 0 Å². The van der Waals surface area contributed by atoms with Gasteiger partial charge in [0, 0.05) is 5.54 Å². The van der Waals surface area contributed by atoms with Crippen LogP contribution in [0.25, 0.3) is 0 Å². The van der Waals surface area contributed by atoms with Gasteiger partial charge >= 0.3 is 0 Å². The van der Waals surface area contributed by atoms with Crippen molar-refractivity contribution in [2.45, 2.75) is 64.8 Å². The zero-order valence-corrected chi connectivity index (χ0v) is 12.1. The second-order valence-electron chi connectivity index (χ2n) is 6.29. The van der Waals surface area contributed by atoms with Gasteiger partial charge in [0.2, 0.25) is 0 Å². The molecule has 0 spiro atoms. The molecule has 1 aliphatic rings. The van der Waals surface area contributed by atoms with Gasteiger partial charge in [-0.25, -0.2) is 0 Å². The van der Waals surface area contributed by atoms with Gasteiger partial charge in [-0.1, -0.05) is 49.4 Å². The minimum absolute atomic E-state index is 0.166. The molecule has 0 aliphatic heterocycles. The third kappa shape index (κ3) is 2.77. The highest BCUT2D eigenvalue weighted by Gasteiger charge is 2.33. The third-order valence-electron chi connectivity index (χ3n) is 4.68. The van der Waals surface area contributed by atoms with Gasteiger partial charge in [0.25, 0.3) is 0 Å². The fourth-order valence-electron chi connectivity index (χ4n) is 3.42. The van der Waals surface area contributed by atoms with E-state index in [1.54, 1.807) is 0 Å². The first-order chi connectivity index (χ1) is 8.51. The summed E-state index contributed by atoms with van der Waals surface area (Å²) in [7, 11) is 0. The zero-order chi connectivity index (χ0) is 13.2. The van der Waals surface area contributed by atoms with E-state index in [2.05, 4.69) is 39.0 Å². The van der Waals surface area contributed by atoms with Crippen molar-refractivity contribution in [3.8, 4) is 0 Å². The molecule has 1 fully saturated rings. The van der Waals surface area contributed by atoms with Gasteiger partial charge in [-0.2, -0.15) is 0 Å². The maximum Gasteiger partial charge on any atom is 0.0412 e. The molecule has 0 heterocycles. The molecule has 2 rings (SSSR count). The van der Waals surface area contributed by atoms with E-state index in [1.165, 1.54) is 55.2 Å². The van der Waals surface area contributed by atoms with Crippen LogP contribution in [0.5, 0.6) is 0 Å². The van der Waals surface area contributed by atoms with Crippen molar-refractivity contribution < 1.29 is 0 Å². The van der Waals surface area contributed by atoms with E-state index in [4.69, 9.17) is 5.73 Å². The Hall–Kier alpha value is -0.820. The molecule has 0 saturated heterocycles. The smallest absolute Gasteiger partial charge is 0.0412 e. The fourth-order valence-corrected chi connectivity index (χ4v) is 3.42. The van der Waals surface area contributed by atoms with Crippen molar-refractivity contribution in [2.24, 2.45) is 11.7 Å². The van der Waals surface area contributed by atoms with E-state index in [1.807, 2.05) is 0 Å². The predicted octanol–water partition coefficient (Wildman–Crippen LogP) is 4.45. The predicted molar refractivity (Wildman–Crippen MR) is 78.6 cm³/mol. The topological polar surface area (TPSA) is 26.0 Å². The average Bonchev–Trinajstić information content (AvgIpc) is 2.61. The first kappa shape index (κ1) is 13.6. The summed E-state index contributed by atoms with van der Waals surface area (Å²) in [6.07, 6.45) is 8.06. The van der Waals surface area contributed by atoms with Crippen molar-refractivity contribution >= 4 is 0 Å². The number of benzene rings is 1. The Morgan fingerprint density at radius 2 is 1.67 bits per heavy atom. The fraction of sp³-hybridized carbons (Fsp3) is 0.647. The van der Waals surface area contributed by atoms with Crippen LogP contribution in [0.2, 0.25) is 0 Å². The van der Waals surface area contributed by atoms with Crippen LogP contribution in [0.1, 0.15) is 62.1 Å². The zero-order valence-electron chi connectivity index (χ0n) is 12.1. The van der Waals surface area contributed by atoms with E-state index in [-0.39, 0.29) is 5.54 Å². The molecular weight excluding hydrogens is 218 g/mol. The van der Waals surface area contributed by atoms with Crippen LogP contribution in [0, 0.1) is 19.8 Å². The molecule has 1 aliphatic carbocycles. The number of nitrogens with two attached hydrogens (primary N) is 1. The summed E-state index contributed by atoms with van der Waals surface area (Å²) in [6, 6.07) is 6.69. The third-order valence-corrected chi connectivity index (χ3v) is 4.68. The van der Waals surface area contributed by atoms with Gasteiger partial charge in [0.05, 0.1) is 0 Å². The largest absolute Gasteiger partial charge is 0.321 e. The van der Waals surface area contributed by atoms with Crippen LogP contribution in [-0.2, 0) is 5.54 Å². The Morgan fingerprint density at radius 1 is 1.06 bits per heavy atom. The Morgan fingerprint density at radius 3 is 2.28 bits per heavy atom. The SMILES string of the molecule is Cc1ccc(C)c(C(C)(N)C2CCCCCC2)c1. The minimum atomic E-state index is -0.166. The summed E-state index contributed by atoms with van der Waals surface area (Å²) in [5.41, 5.74) is 10.6. The molecule has 2 N–H and O–H groups in total. The molecule has 18 heavy (non-hydrogen) atoms. The van der Waals surface area contributed by atoms with Crippen molar-refractivity contribution in [2.75, 3.05) is 0 Å². The molecule has 0 bridgehead atoms. The molecule has 1 unspecified atom stereocenters. The van der Waals surface area contributed by atoms with Gasteiger partial charge in [-0.3, -0.25) is 0 Å². The van der Waals surface area contributed by atoms with Crippen LogP contribution in [0.15, 0.2) is 18.2 Å². The van der Waals surface area contributed by atoms with Gasteiger partial charge in [0.1, 0.15) is 0 Å². The van der Waals surface area contributed by atoms with E-state index in [9.17, 15) is 0 Å². The van der Waals surface area contributed by atoms with Gasteiger partial charge in [0.15, 0.2) is 0 Å². The Bertz CT molecular complexity index is 398. The lowest BCUT2D eigenvalue weighted by atomic mass is 9.74. The highest BCUT2D eigenvalue weighted by Crippen LogP contribution is 2.37. The van der Waals surface area contributed by atoms with Gasteiger partial charge in [-0.15, -0.1) is 0 Å². The van der Waals surface area contributed by atoms with E-state index < -0.39 is 0 Å². The molecule has 1 atom stereocenters. The molecule has 0 aromatic heterocycles. The van der Waals surface area contributed by atoms with E-state index in [0.717, 1.165) is 0 Å². The standard InChI is InChI=1S/C17H27N/c1-13-10-11-14(2)16(12-13)17(3,18)15-8-6-4-5-7-9-15/h10-12,15H,4-9,18H2,1-3H3. The maximum atomic E-state index is 6.75. The minimum Gasteiger partial charge on any atom is -0.321 e. The second-order valence-corrected chi connectivity index (χ2v) is 6.29. The Balaban J connectivity index is 2.30. The number of aryl methyl sites for hydroxylation is 2. The molecule has 1 heteroatoms. The molecule has 0 amide bonds. The molecule has 1 saturated carbocycles. The first-order valence-corrected chi connectivity index (χ1v) is 7.38. The lowest BCUT2D eigenvalue weighted by molar-refractivity contribution is 0.267. The summed E-state index contributed by atoms with van der Waals surface area (Å²) in [5.74, 6) is 0.639. The van der Waals surface area contributed by atoms with E-state index >= 15 is 0 Å². The Kier molecular flexibility index (Phi) is 4.11. The van der Waals surface area contributed by atoms with Crippen molar-refractivity contribution in [3.63, 3.8) is 0 Å². The highest BCUT2D eigenvalue weighted by molar-refractivity contribution is 5.36. The summed E-state index contributed by atoms with van der Waals surface area (Å²) in [5, 5.41) is 0. The lowest BCUT2D eigenvalue weighted by Crippen LogP contribution is -2.41. The molecule has 100 valence electrons. The van der Waals surface area contributed by atoms with Crippen LogP contribution in [-0.4, -0.2) is 0 Å². The number of hydrogen-bond donors (Lipinski definition) is 1. The van der Waals surface area contributed by atoms with E-state index in [0.29, 0.717) is 5.92 Å². The van der Waals surface area contributed by atoms with Crippen LogP contribution >= 0.6 is 0 Å². The highest BCUT2D eigenvalue weighted by atomic mass is 14.7. The molecule has 1 aromatic carbocycles. The number of hydrogen-bond acceptors (Lipinski definition) is 1. The van der Waals surface area contributed by atoms with Crippen LogP contribution < -0.4 is 5.73 Å². The lowest BCUT2D eigenvalue weighted by Gasteiger charge is -2.35. The quantitative estimate of drug-likeness (QED) is 0.765. The second kappa shape index (κ2) is 5.44. The molecular formula is C17H27N. The normalized spacial score (nSPS) is 21.3. The first-order valence-electron chi connectivity index (χ1n) is 7.38. The van der Waals surface area contributed by atoms with Crippen molar-refractivity contribution in [1.29, 1.82) is 0 Å². The van der Waals surface area contributed by atoms with Crippen molar-refractivity contribution in [1.82, 2.24) is 0 Å². The summed E-state index contributed by atoms with van der Waals surface area (Å²) in [6.45, 7) is 6.59. The van der Waals surface area contributed by atoms with Gasteiger partial charge in [-0.05, 0) is 50.7 Å².